The van der Waals surface area contributed by atoms with Crippen molar-refractivity contribution >= 4 is 5.91 Å². The Morgan fingerprint density at radius 2 is 1.85 bits per heavy atom. The van der Waals surface area contributed by atoms with E-state index in [0.29, 0.717) is 31.1 Å². The second-order valence-electron chi connectivity index (χ2n) is 5.97. The molecule has 0 saturated heterocycles. The van der Waals surface area contributed by atoms with Crippen LogP contribution in [0.5, 0.6) is 11.5 Å². The molecule has 0 aliphatic rings. The molecule has 0 fully saturated rings. The summed E-state index contributed by atoms with van der Waals surface area (Å²) in [6.07, 6.45) is 4.73. The van der Waals surface area contributed by atoms with Gasteiger partial charge in [0.25, 0.3) is 0 Å². The first-order valence-corrected chi connectivity index (χ1v) is 8.88. The number of hydrogen-bond donors (Lipinski definition) is 1. The van der Waals surface area contributed by atoms with Gasteiger partial charge in [-0.3, -0.25) is 4.79 Å². The molecule has 0 saturated carbocycles. The molecular formula is C21H23N3O3. The largest absolute Gasteiger partial charge is 0.493 e. The van der Waals surface area contributed by atoms with Crippen LogP contribution in [0.25, 0.3) is 5.69 Å². The van der Waals surface area contributed by atoms with Crippen LogP contribution in [0.1, 0.15) is 12.0 Å². The van der Waals surface area contributed by atoms with Crippen LogP contribution in [0.2, 0.25) is 0 Å². The molecule has 27 heavy (non-hydrogen) atoms. The predicted octanol–water partition coefficient (Wildman–Crippen LogP) is 3.01. The maximum atomic E-state index is 12.0. The lowest BCUT2D eigenvalue weighted by atomic mass is 10.1. The smallest absolute Gasteiger partial charge is 0.223 e. The Morgan fingerprint density at radius 1 is 1.07 bits per heavy atom. The van der Waals surface area contributed by atoms with E-state index in [4.69, 9.17) is 9.47 Å². The number of rotatable bonds is 9. The molecule has 0 bridgehead atoms. The number of benzene rings is 2. The van der Waals surface area contributed by atoms with Crippen LogP contribution in [0.15, 0.2) is 67.0 Å². The number of methoxy groups -OCH3 is 1. The number of para-hydroxylation sites is 2. The van der Waals surface area contributed by atoms with Crippen molar-refractivity contribution in [3.05, 3.63) is 72.6 Å². The van der Waals surface area contributed by atoms with Crippen LogP contribution >= 0.6 is 0 Å². The van der Waals surface area contributed by atoms with Gasteiger partial charge in [-0.1, -0.05) is 24.3 Å². The maximum absolute atomic E-state index is 12.0. The van der Waals surface area contributed by atoms with Crippen molar-refractivity contribution in [2.75, 3.05) is 20.3 Å². The molecule has 3 rings (SSSR count). The van der Waals surface area contributed by atoms with E-state index in [0.717, 1.165) is 17.7 Å². The Kier molecular flexibility index (Phi) is 6.46. The van der Waals surface area contributed by atoms with Gasteiger partial charge in [0.2, 0.25) is 5.91 Å². The third-order valence-corrected chi connectivity index (χ3v) is 4.10. The fourth-order valence-electron chi connectivity index (χ4n) is 2.66. The highest BCUT2D eigenvalue weighted by Gasteiger charge is 2.05. The summed E-state index contributed by atoms with van der Waals surface area (Å²) in [6.45, 7) is 0.902. The van der Waals surface area contributed by atoms with Crippen molar-refractivity contribution in [2.45, 2.75) is 12.8 Å². The van der Waals surface area contributed by atoms with Gasteiger partial charge >= 0.3 is 0 Å². The number of nitrogens with zero attached hydrogens (tertiary/aromatic N) is 2. The molecule has 6 heteroatoms. The van der Waals surface area contributed by atoms with Gasteiger partial charge < -0.3 is 14.8 Å². The summed E-state index contributed by atoms with van der Waals surface area (Å²) in [5, 5.41) is 7.12. The van der Waals surface area contributed by atoms with Gasteiger partial charge in [0, 0.05) is 18.9 Å². The molecule has 140 valence electrons. The predicted molar refractivity (Wildman–Crippen MR) is 103 cm³/mol. The molecule has 0 aliphatic heterocycles. The number of carbonyl (C=O) groups excluding carboxylic acids is 1. The van der Waals surface area contributed by atoms with Gasteiger partial charge in [-0.25, -0.2) is 4.68 Å². The third kappa shape index (κ3) is 5.34. The van der Waals surface area contributed by atoms with Gasteiger partial charge in [-0.15, -0.1) is 0 Å². The molecule has 0 atom stereocenters. The molecule has 1 N–H and O–H groups in total. The topological polar surface area (TPSA) is 65.4 Å². The van der Waals surface area contributed by atoms with E-state index < -0.39 is 0 Å². The number of hydrogen-bond acceptors (Lipinski definition) is 4. The molecule has 2 aromatic carbocycles. The number of ether oxygens (including phenoxy) is 2. The van der Waals surface area contributed by atoms with E-state index in [9.17, 15) is 4.79 Å². The Morgan fingerprint density at radius 3 is 2.56 bits per heavy atom. The maximum Gasteiger partial charge on any atom is 0.223 e. The highest BCUT2D eigenvalue weighted by atomic mass is 16.5. The third-order valence-electron chi connectivity index (χ3n) is 4.10. The zero-order chi connectivity index (χ0) is 18.9. The number of carbonyl (C=O) groups is 1. The fourth-order valence-corrected chi connectivity index (χ4v) is 2.66. The van der Waals surface area contributed by atoms with E-state index in [1.807, 2.05) is 65.5 Å². The van der Waals surface area contributed by atoms with Crippen LogP contribution < -0.4 is 14.8 Å². The average molecular weight is 365 g/mol. The first kappa shape index (κ1) is 18.5. The molecule has 1 heterocycles. The van der Waals surface area contributed by atoms with E-state index in [1.54, 1.807) is 13.3 Å². The van der Waals surface area contributed by atoms with Crippen LogP contribution in [0.3, 0.4) is 0 Å². The average Bonchev–Trinajstić information content (AvgIpc) is 3.24. The fraction of sp³-hybridized carbons (Fsp3) is 0.238. The summed E-state index contributed by atoms with van der Waals surface area (Å²) < 4.78 is 12.6. The Labute approximate surface area is 158 Å². The molecule has 0 aliphatic carbocycles. The molecule has 1 aromatic heterocycles. The van der Waals surface area contributed by atoms with Crippen molar-refractivity contribution in [1.82, 2.24) is 15.1 Å². The first-order chi connectivity index (χ1) is 13.3. The summed E-state index contributed by atoms with van der Waals surface area (Å²) in [6, 6.07) is 17.4. The number of aromatic nitrogens is 2. The summed E-state index contributed by atoms with van der Waals surface area (Å²) >= 11 is 0. The minimum Gasteiger partial charge on any atom is -0.493 e. The Balaban J connectivity index is 1.37. The summed E-state index contributed by atoms with van der Waals surface area (Å²) in [5.41, 5.74) is 2.18. The minimum absolute atomic E-state index is 0.0296. The first-order valence-electron chi connectivity index (χ1n) is 8.88. The second kappa shape index (κ2) is 9.43. The Hall–Kier alpha value is -3.28. The van der Waals surface area contributed by atoms with Gasteiger partial charge in [0.05, 0.1) is 25.8 Å². The normalized spacial score (nSPS) is 10.4. The van der Waals surface area contributed by atoms with E-state index >= 15 is 0 Å². The van der Waals surface area contributed by atoms with E-state index in [1.165, 1.54) is 0 Å². The summed E-state index contributed by atoms with van der Waals surface area (Å²) in [4.78, 5) is 12.0. The lowest BCUT2D eigenvalue weighted by Crippen LogP contribution is -2.27. The standard InChI is InChI=1S/C21H23N3O3/c1-26-19-5-2-3-6-20(19)27-16-12-21(25)22-14-11-17-7-9-18(10-8-17)24-15-4-13-23-24/h2-10,13,15H,11-12,14,16H2,1H3,(H,22,25). The van der Waals surface area contributed by atoms with Gasteiger partial charge in [-0.05, 0) is 42.3 Å². The Bertz CT molecular complexity index is 845. The second-order valence-corrected chi connectivity index (χ2v) is 5.97. The van der Waals surface area contributed by atoms with Crippen molar-refractivity contribution < 1.29 is 14.3 Å². The zero-order valence-corrected chi connectivity index (χ0v) is 15.3. The SMILES string of the molecule is COc1ccccc1OCCC(=O)NCCc1ccc(-n2cccn2)cc1. The van der Waals surface area contributed by atoms with Crippen LogP contribution in [-0.4, -0.2) is 35.9 Å². The number of amides is 1. The van der Waals surface area contributed by atoms with E-state index in [2.05, 4.69) is 10.4 Å². The molecule has 3 aromatic rings. The van der Waals surface area contributed by atoms with E-state index in [-0.39, 0.29) is 5.91 Å². The van der Waals surface area contributed by atoms with Crippen LogP contribution in [0.4, 0.5) is 0 Å². The monoisotopic (exact) mass is 365 g/mol. The summed E-state index contributed by atoms with van der Waals surface area (Å²) in [5.74, 6) is 1.28. The van der Waals surface area contributed by atoms with Gasteiger partial charge in [-0.2, -0.15) is 5.10 Å². The van der Waals surface area contributed by atoms with Crippen molar-refractivity contribution in [2.24, 2.45) is 0 Å². The van der Waals surface area contributed by atoms with Crippen molar-refractivity contribution in [3.63, 3.8) is 0 Å². The molecule has 0 spiro atoms. The highest BCUT2D eigenvalue weighted by Crippen LogP contribution is 2.25. The molecule has 0 radical (unpaired) electrons. The van der Waals surface area contributed by atoms with Crippen LogP contribution in [-0.2, 0) is 11.2 Å². The molecule has 0 unspecified atom stereocenters. The quantitative estimate of drug-likeness (QED) is 0.633. The lowest BCUT2D eigenvalue weighted by Gasteiger charge is -2.10. The zero-order valence-electron chi connectivity index (χ0n) is 15.3. The minimum atomic E-state index is -0.0296. The number of nitrogens with one attached hydrogen (secondary N) is 1. The van der Waals surface area contributed by atoms with Gasteiger partial charge in [0.1, 0.15) is 0 Å². The van der Waals surface area contributed by atoms with Gasteiger partial charge in [0.15, 0.2) is 11.5 Å². The van der Waals surface area contributed by atoms with Crippen LogP contribution in [0, 0.1) is 0 Å². The highest BCUT2D eigenvalue weighted by molar-refractivity contribution is 5.76. The summed E-state index contributed by atoms with van der Waals surface area (Å²) in [7, 11) is 1.59. The molecule has 1 amide bonds. The lowest BCUT2D eigenvalue weighted by molar-refractivity contribution is -0.121. The molecular weight excluding hydrogens is 342 g/mol. The molecule has 6 nitrogen and oxygen atoms in total. The van der Waals surface area contributed by atoms with Crippen molar-refractivity contribution in [1.29, 1.82) is 0 Å². The van der Waals surface area contributed by atoms with Crippen molar-refractivity contribution in [3.8, 4) is 17.2 Å².